The molecule has 0 aliphatic carbocycles. The predicted molar refractivity (Wildman–Crippen MR) is 81.6 cm³/mol. The quantitative estimate of drug-likeness (QED) is 0.667. The summed E-state index contributed by atoms with van der Waals surface area (Å²) in [4.78, 5) is 12.5. The van der Waals surface area contributed by atoms with Crippen LogP contribution in [-0.4, -0.2) is 11.7 Å². The highest BCUT2D eigenvalue weighted by Crippen LogP contribution is 2.25. The van der Waals surface area contributed by atoms with E-state index >= 15 is 0 Å². The standard InChI is InChI=1S/C14H12ClFN2OS/c15-12-7-10(17)4-5-13(12)18-14(19)8-20-11-3-1-2-9(16)6-11/h1-7H,8,17H2,(H,18,19). The Kier molecular flexibility index (Phi) is 4.87. The summed E-state index contributed by atoms with van der Waals surface area (Å²) in [6.07, 6.45) is 0. The number of anilines is 2. The van der Waals surface area contributed by atoms with E-state index in [1.54, 1.807) is 30.3 Å². The highest BCUT2D eigenvalue weighted by molar-refractivity contribution is 8.00. The summed E-state index contributed by atoms with van der Waals surface area (Å²) < 4.78 is 13.0. The Morgan fingerprint density at radius 1 is 1.30 bits per heavy atom. The third kappa shape index (κ3) is 4.15. The van der Waals surface area contributed by atoms with Gasteiger partial charge in [-0.3, -0.25) is 4.79 Å². The van der Waals surface area contributed by atoms with Crippen molar-refractivity contribution in [2.45, 2.75) is 4.90 Å². The molecular weight excluding hydrogens is 299 g/mol. The summed E-state index contributed by atoms with van der Waals surface area (Å²) in [6, 6.07) is 11.0. The Morgan fingerprint density at radius 2 is 2.10 bits per heavy atom. The minimum Gasteiger partial charge on any atom is -0.399 e. The van der Waals surface area contributed by atoms with Gasteiger partial charge in [0.2, 0.25) is 5.91 Å². The van der Waals surface area contributed by atoms with E-state index < -0.39 is 0 Å². The first kappa shape index (κ1) is 14.7. The number of halogens is 2. The lowest BCUT2D eigenvalue weighted by atomic mass is 10.3. The molecule has 0 atom stereocenters. The van der Waals surface area contributed by atoms with E-state index in [1.807, 2.05) is 0 Å². The van der Waals surface area contributed by atoms with Crippen LogP contribution in [0.2, 0.25) is 5.02 Å². The van der Waals surface area contributed by atoms with Gasteiger partial charge in [-0.1, -0.05) is 17.7 Å². The molecule has 2 rings (SSSR count). The summed E-state index contributed by atoms with van der Waals surface area (Å²) in [5, 5.41) is 3.06. The largest absolute Gasteiger partial charge is 0.399 e. The van der Waals surface area contributed by atoms with Crippen molar-refractivity contribution in [1.29, 1.82) is 0 Å². The van der Waals surface area contributed by atoms with Gasteiger partial charge in [-0.2, -0.15) is 0 Å². The molecule has 20 heavy (non-hydrogen) atoms. The van der Waals surface area contributed by atoms with E-state index in [0.29, 0.717) is 21.3 Å². The lowest BCUT2D eigenvalue weighted by molar-refractivity contribution is -0.113. The zero-order chi connectivity index (χ0) is 14.5. The molecule has 3 nitrogen and oxygen atoms in total. The van der Waals surface area contributed by atoms with Crippen LogP contribution in [0, 0.1) is 5.82 Å². The van der Waals surface area contributed by atoms with Gasteiger partial charge in [-0.15, -0.1) is 11.8 Å². The second-order valence-electron chi connectivity index (χ2n) is 4.03. The average molecular weight is 311 g/mol. The van der Waals surface area contributed by atoms with Crippen LogP contribution in [0.5, 0.6) is 0 Å². The summed E-state index contributed by atoms with van der Waals surface area (Å²) in [5.41, 5.74) is 6.61. The number of hydrogen-bond donors (Lipinski definition) is 2. The first-order valence-corrected chi connectivity index (χ1v) is 7.14. The van der Waals surface area contributed by atoms with Crippen LogP contribution in [0.15, 0.2) is 47.4 Å². The number of nitrogens with two attached hydrogens (primary N) is 1. The molecule has 3 N–H and O–H groups in total. The highest BCUT2D eigenvalue weighted by atomic mass is 35.5. The molecule has 0 unspecified atom stereocenters. The van der Waals surface area contributed by atoms with Gasteiger partial charge in [-0.05, 0) is 36.4 Å². The Hall–Kier alpha value is -1.72. The van der Waals surface area contributed by atoms with Crippen molar-refractivity contribution in [2.24, 2.45) is 0 Å². The van der Waals surface area contributed by atoms with Crippen LogP contribution in [-0.2, 0) is 4.79 Å². The van der Waals surface area contributed by atoms with E-state index in [-0.39, 0.29) is 17.5 Å². The van der Waals surface area contributed by atoms with Crippen molar-refractivity contribution >= 4 is 40.6 Å². The molecule has 0 radical (unpaired) electrons. The van der Waals surface area contributed by atoms with Gasteiger partial charge < -0.3 is 11.1 Å². The fraction of sp³-hybridized carbons (Fsp3) is 0.0714. The smallest absolute Gasteiger partial charge is 0.234 e. The van der Waals surface area contributed by atoms with Gasteiger partial charge in [0.1, 0.15) is 5.82 Å². The lowest BCUT2D eigenvalue weighted by Gasteiger charge is -2.07. The van der Waals surface area contributed by atoms with Crippen molar-refractivity contribution in [3.63, 3.8) is 0 Å². The second-order valence-corrected chi connectivity index (χ2v) is 5.49. The van der Waals surface area contributed by atoms with Crippen LogP contribution in [0.3, 0.4) is 0 Å². The molecular formula is C14H12ClFN2OS. The number of hydrogen-bond acceptors (Lipinski definition) is 3. The van der Waals surface area contributed by atoms with Gasteiger partial charge in [-0.25, -0.2) is 4.39 Å². The van der Waals surface area contributed by atoms with Gasteiger partial charge in [0.25, 0.3) is 0 Å². The number of nitrogen functional groups attached to an aromatic ring is 1. The van der Waals surface area contributed by atoms with Crippen molar-refractivity contribution in [1.82, 2.24) is 0 Å². The SMILES string of the molecule is Nc1ccc(NC(=O)CSc2cccc(F)c2)c(Cl)c1. The molecule has 0 aliphatic rings. The summed E-state index contributed by atoms with van der Waals surface area (Å²) in [5.74, 6) is -0.368. The molecule has 2 aromatic carbocycles. The maximum atomic E-state index is 13.0. The average Bonchev–Trinajstić information content (AvgIpc) is 2.40. The minimum absolute atomic E-state index is 0.171. The number of carbonyl (C=O) groups is 1. The molecule has 0 fully saturated rings. The molecule has 0 bridgehead atoms. The van der Waals surface area contributed by atoms with Crippen LogP contribution < -0.4 is 11.1 Å². The van der Waals surface area contributed by atoms with Gasteiger partial charge in [0, 0.05) is 10.6 Å². The third-order valence-electron chi connectivity index (χ3n) is 2.43. The first-order valence-electron chi connectivity index (χ1n) is 5.78. The zero-order valence-electron chi connectivity index (χ0n) is 10.4. The number of amides is 1. The molecule has 1 amide bonds. The molecule has 0 heterocycles. The van der Waals surface area contributed by atoms with Gasteiger partial charge in [0.05, 0.1) is 16.5 Å². The van der Waals surface area contributed by atoms with Crippen LogP contribution in [0.4, 0.5) is 15.8 Å². The number of thioether (sulfide) groups is 1. The normalized spacial score (nSPS) is 10.3. The number of nitrogens with one attached hydrogen (secondary N) is 1. The number of benzene rings is 2. The van der Waals surface area contributed by atoms with Crippen LogP contribution in [0.25, 0.3) is 0 Å². The van der Waals surface area contributed by atoms with Crippen molar-refractivity contribution in [3.05, 3.63) is 53.3 Å². The van der Waals surface area contributed by atoms with Crippen LogP contribution >= 0.6 is 23.4 Å². The maximum Gasteiger partial charge on any atom is 0.234 e. The molecule has 104 valence electrons. The Morgan fingerprint density at radius 3 is 2.80 bits per heavy atom. The lowest BCUT2D eigenvalue weighted by Crippen LogP contribution is -2.14. The maximum absolute atomic E-state index is 13.0. The summed E-state index contributed by atoms with van der Waals surface area (Å²) in [7, 11) is 0. The molecule has 0 saturated heterocycles. The van der Waals surface area contributed by atoms with Gasteiger partial charge >= 0.3 is 0 Å². The first-order chi connectivity index (χ1) is 9.54. The summed E-state index contributed by atoms with van der Waals surface area (Å²) in [6.45, 7) is 0. The molecule has 2 aromatic rings. The predicted octanol–water partition coefficient (Wildman–Crippen LogP) is 3.79. The fourth-order valence-corrected chi connectivity index (χ4v) is 2.50. The molecule has 0 spiro atoms. The van der Waals surface area contributed by atoms with E-state index in [2.05, 4.69) is 5.32 Å². The van der Waals surface area contributed by atoms with Crippen molar-refractivity contribution < 1.29 is 9.18 Å². The highest BCUT2D eigenvalue weighted by Gasteiger charge is 2.07. The monoisotopic (exact) mass is 310 g/mol. The van der Waals surface area contributed by atoms with E-state index in [1.165, 1.54) is 23.9 Å². The van der Waals surface area contributed by atoms with E-state index in [0.717, 1.165) is 0 Å². The molecule has 0 saturated carbocycles. The topological polar surface area (TPSA) is 55.1 Å². The minimum atomic E-state index is -0.322. The molecule has 0 aromatic heterocycles. The Bertz CT molecular complexity index is 636. The fourth-order valence-electron chi connectivity index (χ4n) is 1.52. The number of carbonyl (C=O) groups excluding carboxylic acids is 1. The zero-order valence-corrected chi connectivity index (χ0v) is 12.0. The van der Waals surface area contributed by atoms with E-state index in [9.17, 15) is 9.18 Å². The van der Waals surface area contributed by atoms with Crippen LogP contribution in [0.1, 0.15) is 0 Å². The Labute approximate surface area is 125 Å². The van der Waals surface area contributed by atoms with E-state index in [4.69, 9.17) is 17.3 Å². The molecule has 0 aliphatic heterocycles. The van der Waals surface area contributed by atoms with Crippen molar-refractivity contribution in [3.8, 4) is 0 Å². The second kappa shape index (κ2) is 6.63. The Balaban J connectivity index is 1.92. The summed E-state index contributed by atoms with van der Waals surface area (Å²) >= 11 is 7.21. The number of rotatable bonds is 4. The van der Waals surface area contributed by atoms with Gasteiger partial charge in [0.15, 0.2) is 0 Å². The molecule has 6 heteroatoms. The third-order valence-corrected chi connectivity index (χ3v) is 3.74. The van der Waals surface area contributed by atoms with Crippen molar-refractivity contribution in [2.75, 3.05) is 16.8 Å².